The maximum Gasteiger partial charge on any atom is 0.418 e. The number of benzene rings is 2. The molecule has 1 fully saturated rings. The third-order valence-electron chi connectivity index (χ3n) is 5.80. The molecule has 3 rings (SSSR count). The van der Waals surface area contributed by atoms with E-state index in [0.717, 1.165) is 17.3 Å². The van der Waals surface area contributed by atoms with Crippen LogP contribution < -0.4 is 15.5 Å². The second-order valence-corrected chi connectivity index (χ2v) is 9.88. The SMILES string of the molecule is CC(C)CN(CC(C)C)c1ccc([C@H]2C[C@H]2C(=O)O)cc1NC(=O)Nc1ccccc1C(F)(F)F. The zero-order valence-electron chi connectivity index (χ0n) is 20.3. The van der Waals surface area contributed by atoms with E-state index in [1.165, 1.54) is 18.2 Å². The first-order valence-corrected chi connectivity index (χ1v) is 11.7. The Morgan fingerprint density at radius 2 is 1.60 bits per heavy atom. The predicted molar refractivity (Wildman–Crippen MR) is 131 cm³/mol. The molecule has 6 nitrogen and oxygen atoms in total. The molecule has 1 aliphatic carbocycles. The zero-order valence-corrected chi connectivity index (χ0v) is 20.3. The van der Waals surface area contributed by atoms with Gasteiger partial charge in [0.15, 0.2) is 0 Å². The van der Waals surface area contributed by atoms with E-state index in [1.54, 1.807) is 6.07 Å². The molecule has 0 saturated heterocycles. The fraction of sp³-hybridized carbons (Fsp3) is 0.462. The minimum absolute atomic E-state index is 0.153. The van der Waals surface area contributed by atoms with Gasteiger partial charge in [0, 0.05) is 13.1 Å². The average molecular weight is 492 g/mol. The van der Waals surface area contributed by atoms with Crippen molar-refractivity contribution in [2.45, 2.75) is 46.2 Å². The van der Waals surface area contributed by atoms with Crippen LogP contribution in [0.4, 0.5) is 35.0 Å². The van der Waals surface area contributed by atoms with Crippen molar-refractivity contribution in [3.05, 3.63) is 53.6 Å². The Kier molecular flexibility index (Phi) is 7.97. The highest BCUT2D eigenvalue weighted by Gasteiger charge is 2.44. The molecule has 0 radical (unpaired) electrons. The predicted octanol–water partition coefficient (Wildman–Crippen LogP) is 6.66. The number of carbonyl (C=O) groups excluding carboxylic acids is 1. The molecule has 0 heterocycles. The van der Waals surface area contributed by atoms with E-state index in [2.05, 4.69) is 43.2 Å². The number of nitrogens with one attached hydrogen (secondary N) is 2. The number of amides is 2. The molecule has 2 amide bonds. The van der Waals surface area contributed by atoms with Gasteiger partial charge in [-0.3, -0.25) is 4.79 Å². The highest BCUT2D eigenvalue weighted by Crippen LogP contribution is 2.49. The summed E-state index contributed by atoms with van der Waals surface area (Å²) in [6, 6.07) is 9.46. The van der Waals surface area contributed by atoms with Gasteiger partial charge in [0.1, 0.15) is 0 Å². The van der Waals surface area contributed by atoms with Crippen LogP contribution in [0.15, 0.2) is 42.5 Å². The summed E-state index contributed by atoms with van der Waals surface area (Å²) in [5.41, 5.74) is 0.670. The molecule has 0 aromatic heterocycles. The number of hydrogen-bond donors (Lipinski definition) is 3. The molecule has 3 N–H and O–H groups in total. The number of urea groups is 1. The quantitative estimate of drug-likeness (QED) is 0.367. The second-order valence-electron chi connectivity index (χ2n) is 9.88. The van der Waals surface area contributed by atoms with E-state index >= 15 is 0 Å². The smallest absolute Gasteiger partial charge is 0.418 e. The maximum absolute atomic E-state index is 13.4. The Bertz CT molecular complexity index is 1060. The van der Waals surface area contributed by atoms with Crippen LogP contribution in [0.3, 0.4) is 0 Å². The van der Waals surface area contributed by atoms with Gasteiger partial charge >= 0.3 is 18.2 Å². The summed E-state index contributed by atoms with van der Waals surface area (Å²) in [7, 11) is 0. The minimum atomic E-state index is -4.61. The Labute approximate surface area is 203 Å². The molecule has 1 aliphatic rings. The molecule has 2 aromatic carbocycles. The van der Waals surface area contributed by atoms with Crippen LogP contribution >= 0.6 is 0 Å². The normalized spacial score (nSPS) is 17.4. The Hall–Kier alpha value is -3.23. The van der Waals surface area contributed by atoms with Crippen LogP contribution in [0, 0.1) is 17.8 Å². The van der Waals surface area contributed by atoms with Crippen molar-refractivity contribution in [2.24, 2.45) is 17.8 Å². The number of nitrogens with zero attached hydrogens (tertiary/aromatic N) is 1. The highest BCUT2D eigenvalue weighted by molar-refractivity contribution is 6.02. The van der Waals surface area contributed by atoms with Gasteiger partial charge in [0.2, 0.25) is 0 Å². The third-order valence-corrected chi connectivity index (χ3v) is 5.80. The number of para-hydroxylation sites is 1. The van der Waals surface area contributed by atoms with Gasteiger partial charge in [-0.1, -0.05) is 45.9 Å². The van der Waals surface area contributed by atoms with E-state index in [-0.39, 0.29) is 11.6 Å². The molecule has 0 bridgehead atoms. The first-order valence-electron chi connectivity index (χ1n) is 11.7. The Morgan fingerprint density at radius 1 is 1.00 bits per heavy atom. The molecule has 2 atom stereocenters. The third kappa shape index (κ3) is 6.90. The number of carbonyl (C=O) groups is 2. The monoisotopic (exact) mass is 491 g/mol. The summed E-state index contributed by atoms with van der Waals surface area (Å²) in [6.45, 7) is 9.75. The fourth-order valence-electron chi connectivity index (χ4n) is 4.26. The summed E-state index contributed by atoms with van der Waals surface area (Å²) in [4.78, 5) is 26.3. The molecule has 0 aliphatic heterocycles. The number of carboxylic acids is 1. The standard InChI is InChI=1S/C26H32F3N3O3/c1-15(2)13-32(14-16(3)4)23-10-9-17(18-12-19(18)24(33)34)11-22(23)31-25(35)30-21-8-6-5-7-20(21)26(27,28)29/h5-11,15-16,18-19H,12-14H2,1-4H3,(H,33,34)(H2,30,31,35)/t18-,19-/m1/s1. The largest absolute Gasteiger partial charge is 0.481 e. The molecule has 9 heteroatoms. The van der Waals surface area contributed by atoms with Crippen LogP contribution in [0.2, 0.25) is 0 Å². The number of rotatable bonds is 9. The molecule has 190 valence electrons. The average Bonchev–Trinajstić information content (AvgIpc) is 3.53. The van der Waals surface area contributed by atoms with Crippen molar-refractivity contribution >= 4 is 29.1 Å². The van der Waals surface area contributed by atoms with Gasteiger partial charge < -0.3 is 20.6 Å². The lowest BCUT2D eigenvalue weighted by Crippen LogP contribution is -2.32. The summed E-state index contributed by atoms with van der Waals surface area (Å²) in [5.74, 6) is -0.832. The first-order chi connectivity index (χ1) is 16.4. The van der Waals surface area contributed by atoms with Crippen molar-refractivity contribution in [1.82, 2.24) is 0 Å². The van der Waals surface area contributed by atoms with Crippen molar-refractivity contribution in [2.75, 3.05) is 28.6 Å². The summed E-state index contributed by atoms with van der Waals surface area (Å²) in [6.07, 6.45) is -4.10. The van der Waals surface area contributed by atoms with E-state index in [1.807, 2.05) is 12.1 Å². The molecule has 35 heavy (non-hydrogen) atoms. The van der Waals surface area contributed by atoms with Crippen molar-refractivity contribution in [3.8, 4) is 0 Å². The molecule has 0 spiro atoms. The van der Waals surface area contributed by atoms with Crippen LogP contribution in [0.5, 0.6) is 0 Å². The molecular weight excluding hydrogens is 459 g/mol. The number of alkyl halides is 3. The maximum atomic E-state index is 13.4. The molecule has 1 saturated carbocycles. The van der Waals surface area contributed by atoms with Gasteiger partial charge in [0.25, 0.3) is 0 Å². The number of halogens is 3. The lowest BCUT2D eigenvalue weighted by Gasteiger charge is -2.31. The second kappa shape index (κ2) is 10.6. The fourth-order valence-corrected chi connectivity index (χ4v) is 4.26. The van der Waals surface area contributed by atoms with E-state index < -0.39 is 29.7 Å². The Balaban J connectivity index is 1.93. The van der Waals surface area contributed by atoms with Gasteiger partial charge in [-0.25, -0.2) is 4.79 Å². The van der Waals surface area contributed by atoms with Crippen LogP contribution in [-0.4, -0.2) is 30.2 Å². The van der Waals surface area contributed by atoms with E-state index in [0.29, 0.717) is 37.0 Å². The first kappa shape index (κ1) is 26.4. The Morgan fingerprint density at radius 3 is 2.14 bits per heavy atom. The molecular formula is C26H32F3N3O3. The van der Waals surface area contributed by atoms with Gasteiger partial charge in [-0.05, 0) is 54.0 Å². The summed E-state index contributed by atoms with van der Waals surface area (Å²) >= 11 is 0. The lowest BCUT2D eigenvalue weighted by molar-refractivity contribution is -0.139. The topological polar surface area (TPSA) is 81.7 Å². The highest BCUT2D eigenvalue weighted by atomic mass is 19.4. The van der Waals surface area contributed by atoms with Gasteiger partial charge in [-0.2, -0.15) is 13.2 Å². The number of anilines is 3. The molecule has 2 aromatic rings. The molecule has 0 unspecified atom stereocenters. The van der Waals surface area contributed by atoms with Crippen molar-refractivity contribution in [1.29, 1.82) is 0 Å². The van der Waals surface area contributed by atoms with Crippen LogP contribution in [0.1, 0.15) is 51.2 Å². The number of carboxylic acid groups (broad SMARTS) is 1. The van der Waals surface area contributed by atoms with Crippen LogP contribution in [-0.2, 0) is 11.0 Å². The van der Waals surface area contributed by atoms with Crippen molar-refractivity contribution in [3.63, 3.8) is 0 Å². The van der Waals surface area contributed by atoms with Gasteiger partial charge in [0.05, 0.1) is 28.5 Å². The number of aliphatic carboxylic acids is 1. The summed E-state index contributed by atoms with van der Waals surface area (Å²) in [5, 5.41) is 14.4. The summed E-state index contributed by atoms with van der Waals surface area (Å²) < 4.78 is 40.1. The van der Waals surface area contributed by atoms with E-state index in [4.69, 9.17) is 0 Å². The zero-order chi connectivity index (χ0) is 25.9. The number of hydrogen-bond acceptors (Lipinski definition) is 3. The minimum Gasteiger partial charge on any atom is -0.481 e. The van der Waals surface area contributed by atoms with Crippen molar-refractivity contribution < 1.29 is 27.9 Å². The van der Waals surface area contributed by atoms with Gasteiger partial charge in [-0.15, -0.1) is 0 Å². The lowest BCUT2D eigenvalue weighted by atomic mass is 10.0. The van der Waals surface area contributed by atoms with Crippen LogP contribution in [0.25, 0.3) is 0 Å². The van der Waals surface area contributed by atoms with E-state index in [9.17, 15) is 27.9 Å².